The molecule has 0 bridgehead atoms. The van der Waals surface area contributed by atoms with Crippen molar-refractivity contribution >= 4 is 5.97 Å². The summed E-state index contributed by atoms with van der Waals surface area (Å²) in [6, 6.07) is 9.46. The zero-order valence-corrected chi connectivity index (χ0v) is 15.2. The Hall–Kier alpha value is -2.70. The Kier molecular flexibility index (Phi) is 4.69. The van der Waals surface area contributed by atoms with Crippen LogP contribution >= 0.6 is 0 Å². The number of benzene rings is 2. The van der Waals surface area contributed by atoms with Gasteiger partial charge >= 0.3 is 12.1 Å². The van der Waals surface area contributed by atoms with Gasteiger partial charge in [-0.05, 0) is 30.5 Å². The summed E-state index contributed by atoms with van der Waals surface area (Å²) in [5, 5.41) is 0. The molecule has 0 N–H and O–H groups in total. The molecule has 148 valence electrons. The number of aryl methyl sites for hydroxylation is 1. The van der Waals surface area contributed by atoms with E-state index in [9.17, 15) is 18.0 Å². The van der Waals surface area contributed by atoms with Gasteiger partial charge in [0.2, 0.25) is 0 Å². The summed E-state index contributed by atoms with van der Waals surface area (Å²) in [4.78, 5) is 11.5. The van der Waals surface area contributed by atoms with Crippen LogP contribution in [0.3, 0.4) is 0 Å². The summed E-state index contributed by atoms with van der Waals surface area (Å²) in [5.74, 6) is 0.630. The van der Waals surface area contributed by atoms with Crippen molar-refractivity contribution in [2.45, 2.75) is 37.5 Å². The van der Waals surface area contributed by atoms with Crippen LogP contribution in [0.2, 0.25) is 0 Å². The minimum absolute atomic E-state index is 0.0967. The molecule has 4 nitrogen and oxygen atoms in total. The maximum atomic E-state index is 13.4. The molecule has 1 aliphatic carbocycles. The van der Waals surface area contributed by atoms with Crippen molar-refractivity contribution in [2.24, 2.45) is 0 Å². The van der Waals surface area contributed by atoms with Crippen molar-refractivity contribution in [2.75, 3.05) is 13.7 Å². The van der Waals surface area contributed by atoms with E-state index in [4.69, 9.17) is 14.2 Å². The first-order valence-electron chi connectivity index (χ1n) is 9.06. The molecule has 0 spiro atoms. The molecular weight excluding hydrogens is 373 g/mol. The lowest BCUT2D eigenvalue weighted by atomic mass is 9.98. The van der Waals surface area contributed by atoms with E-state index < -0.39 is 17.8 Å². The number of alkyl halides is 3. The second kappa shape index (κ2) is 7.04. The Morgan fingerprint density at radius 2 is 2.07 bits per heavy atom. The molecule has 0 fully saturated rings. The zero-order valence-electron chi connectivity index (χ0n) is 15.2. The first kappa shape index (κ1) is 18.7. The molecule has 0 aromatic heterocycles. The van der Waals surface area contributed by atoms with E-state index in [1.165, 1.54) is 13.2 Å². The predicted octanol–water partition coefficient (Wildman–Crippen LogP) is 4.81. The maximum absolute atomic E-state index is 13.4. The van der Waals surface area contributed by atoms with Crippen molar-refractivity contribution in [3.8, 4) is 11.5 Å². The van der Waals surface area contributed by atoms with Crippen LogP contribution < -0.4 is 9.47 Å². The highest BCUT2D eigenvalue weighted by atomic mass is 19.4. The molecule has 2 unspecified atom stereocenters. The lowest BCUT2D eigenvalue weighted by molar-refractivity contribution is -0.141. The molecular formula is C21H19F3O4. The Bertz CT molecular complexity index is 907. The van der Waals surface area contributed by atoms with Gasteiger partial charge in [0.15, 0.2) is 0 Å². The molecule has 0 amide bonds. The number of halogens is 3. The normalized spacial score (nSPS) is 20.3. The third kappa shape index (κ3) is 3.41. The van der Waals surface area contributed by atoms with E-state index in [0.29, 0.717) is 36.5 Å². The van der Waals surface area contributed by atoms with Gasteiger partial charge in [-0.3, -0.25) is 4.79 Å². The number of hydrogen-bond acceptors (Lipinski definition) is 4. The molecule has 28 heavy (non-hydrogen) atoms. The standard InChI is InChI=1S/C21H19F3O4/c1-26-19(25)9-13-11-27-18-10-14(6-7-15(13)18)28-17-8-5-12-3-2-4-16(20(12)17)21(22,23)24/h2-4,6-7,10,13,17H,5,8-9,11H2,1H3. The van der Waals surface area contributed by atoms with Crippen molar-refractivity contribution < 1.29 is 32.2 Å². The second-order valence-corrected chi connectivity index (χ2v) is 7.01. The number of carbonyl (C=O) groups is 1. The van der Waals surface area contributed by atoms with Gasteiger partial charge in [0.25, 0.3) is 0 Å². The van der Waals surface area contributed by atoms with Gasteiger partial charge in [0.1, 0.15) is 17.6 Å². The van der Waals surface area contributed by atoms with Gasteiger partial charge in [-0.15, -0.1) is 0 Å². The van der Waals surface area contributed by atoms with Crippen LogP contribution in [0.25, 0.3) is 0 Å². The summed E-state index contributed by atoms with van der Waals surface area (Å²) in [6.07, 6.45) is -3.82. The highest BCUT2D eigenvalue weighted by molar-refractivity contribution is 5.71. The largest absolute Gasteiger partial charge is 0.492 e. The Labute approximate surface area is 160 Å². The number of methoxy groups -OCH3 is 1. The number of carbonyl (C=O) groups excluding carboxylic acids is 1. The number of ether oxygens (including phenoxy) is 3. The van der Waals surface area contributed by atoms with E-state index >= 15 is 0 Å². The highest BCUT2D eigenvalue weighted by Crippen LogP contribution is 2.44. The molecule has 2 atom stereocenters. The SMILES string of the molecule is COC(=O)CC1COc2cc(OC3CCc4cccc(C(F)(F)F)c43)ccc21. The monoisotopic (exact) mass is 392 g/mol. The minimum Gasteiger partial charge on any atom is -0.492 e. The van der Waals surface area contributed by atoms with Crippen LogP contribution in [0.5, 0.6) is 11.5 Å². The molecule has 2 aromatic rings. The van der Waals surface area contributed by atoms with E-state index in [-0.39, 0.29) is 23.9 Å². The molecule has 2 aliphatic rings. The van der Waals surface area contributed by atoms with Crippen molar-refractivity contribution in [1.82, 2.24) is 0 Å². The van der Waals surface area contributed by atoms with E-state index in [1.807, 2.05) is 0 Å². The van der Waals surface area contributed by atoms with Crippen molar-refractivity contribution in [1.29, 1.82) is 0 Å². The average Bonchev–Trinajstić information content (AvgIpc) is 3.25. The molecule has 0 saturated heterocycles. The minimum atomic E-state index is -4.42. The fourth-order valence-corrected chi connectivity index (χ4v) is 3.96. The predicted molar refractivity (Wildman–Crippen MR) is 94.4 cm³/mol. The summed E-state index contributed by atoms with van der Waals surface area (Å²) in [5.41, 5.74) is 1.14. The average molecular weight is 392 g/mol. The fourth-order valence-electron chi connectivity index (χ4n) is 3.96. The maximum Gasteiger partial charge on any atom is 0.416 e. The van der Waals surface area contributed by atoms with Gasteiger partial charge < -0.3 is 14.2 Å². The van der Waals surface area contributed by atoms with E-state index in [2.05, 4.69) is 0 Å². The summed E-state index contributed by atoms with van der Waals surface area (Å²) >= 11 is 0. The summed E-state index contributed by atoms with van der Waals surface area (Å²) in [6.45, 7) is 0.359. The molecule has 1 heterocycles. The van der Waals surface area contributed by atoms with Crippen molar-refractivity contribution in [3.63, 3.8) is 0 Å². The number of hydrogen-bond donors (Lipinski definition) is 0. The Morgan fingerprint density at radius 3 is 2.82 bits per heavy atom. The molecule has 1 aliphatic heterocycles. The van der Waals surface area contributed by atoms with E-state index in [1.54, 1.807) is 24.3 Å². The first-order chi connectivity index (χ1) is 13.4. The van der Waals surface area contributed by atoms with E-state index in [0.717, 1.165) is 11.6 Å². The fraction of sp³-hybridized carbons (Fsp3) is 0.381. The van der Waals surface area contributed by atoms with Gasteiger partial charge in [-0.1, -0.05) is 18.2 Å². The van der Waals surface area contributed by atoms with Gasteiger partial charge in [-0.2, -0.15) is 13.2 Å². The van der Waals surface area contributed by atoms with Gasteiger partial charge in [0.05, 0.1) is 25.7 Å². The summed E-state index contributed by atoms with van der Waals surface area (Å²) < 4.78 is 56.5. The molecule has 0 saturated carbocycles. The van der Waals surface area contributed by atoms with Crippen molar-refractivity contribution in [3.05, 3.63) is 58.7 Å². The lowest BCUT2D eigenvalue weighted by Crippen LogP contribution is -2.13. The Morgan fingerprint density at radius 1 is 1.25 bits per heavy atom. The van der Waals surface area contributed by atoms with Crippen LogP contribution in [0.1, 0.15) is 47.1 Å². The third-order valence-electron chi connectivity index (χ3n) is 5.28. The van der Waals surface area contributed by atoms with Crippen LogP contribution in [0, 0.1) is 0 Å². The first-order valence-corrected chi connectivity index (χ1v) is 9.06. The number of rotatable bonds is 4. The Balaban J connectivity index is 1.56. The zero-order chi connectivity index (χ0) is 19.9. The number of fused-ring (bicyclic) bond motifs is 2. The topological polar surface area (TPSA) is 44.8 Å². The molecule has 0 radical (unpaired) electrons. The third-order valence-corrected chi connectivity index (χ3v) is 5.28. The second-order valence-electron chi connectivity index (χ2n) is 7.01. The highest BCUT2D eigenvalue weighted by Gasteiger charge is 2.39. The lowest BCUT2D eigenvalue weighted by Gasteiger charge is -2.20. The molecule has 2 aromatic carbocycles. The summed E-state index contributed by atoms with van der Waals surface area (Å²) in [7, 11) is 1.34. The number of esters is 1. The van der Waals surface area contributed by atoms with Gasteiger partial charge in [0, 0.05) is 23.1 Å². The smallest absolute Gasteiger partial charge is 0.416 e. The molecule has 7 heteroatoms. The van der Waals surface area contributed by atoms with Crippen LogP contribution in [0.4, 0.5) is 13.2 Å². The quantitative estimate of drug-likeness (QED) is 0.701. The molecule has 4 rings (SSSR count). The van der Waals surface area contributed by atoms with Gasteiger partial charge in [-0.25, -0.2) is 0 Å². The van der Waals surface area contributed by atoms with Crippen LogP contribution in [-0.2, 0) is 22.1 Å². The van der Waals surface area contributed by atoms with Crippen LogP contribution in [-0.4, -0.2) is 19.7 Å². The van der Waals surface area contributed by atoms with Crippen LogP contribution in [0.15, 0.2) is 36.4 Å².